The lowest BCUT2D eigenvalue weighted by molar-refractivity contribution is 0.0579. The summed E-state index contributed by atoms with van der Waals surface area (Å²) in [4.78, 5) is 0. The Balaban J connectivity index is 2.26. The first kappa shape index (κ1) is 10.6. The Morgan fingerprint density at radius 2 is 1.87 bits per heavy atom. The van der Waals surface area contributed by atoms with Crippen LogP contribution in [-0.2, 0) is 0 Å². The molecule has 3 heteroatoms. The molecular formula is C12H15F2N. The number of halogens is 2. The van der Waals surface area contributed by atoms with Gasteiger partial charge in [0, 0.05) is 13.0 Å². The molecule has 82 valence electrons. The highest BCUT2D eigenvalue weighted by Gasteiger charge is 2.72. The molecule has 1 aromatic rings. The number of hydrogen-bond acceptors (Lipinski definition) is 1. The maximum atomic E-state index is 13.3. The molecule has 2 rings (SSSR count). The SMILES string of the molecule is CC(c1ccccc1)C1(CN)CC1(F)F. The van der Waals surface area contributed by atoms with E-state index in [2.05, 4.69) is 0 Å². The van der Waals surface area contributed by atoms with Crippen LogP contribution in [-0.4, -0.2) is 12.5 Å². The first-order chi connectivity index (χ1) is 7.03. The summed E-state index contributed by atoms with van der Waals surface area (Å²) in [5.74, 6) is -2.77. The average molecular weight is 211 g/mol. The van der Waals surface area contributed by atoms with Crippen molar-refractivity contribution in [2.75, 3.05) is 6.54 Å². The zero-order chi connectivity index (χ0) is 11.1. The van der Waals surface area contributed by atoms with Crippen LogP contribution in [0.5, 0.6) is 0 Å². The summed E-state index contributed by atoms with van der Waals surface area (Å²) < 4.78 is 26.6. The van der Waals surface area contributed by atoms with Gasteiger partial charge in [0.25, 0.3) is 5.92 Å². The topological polar surface area (TPSA) is 26.0 Å². The van der Waals surface area contributed by atoms with Crippen LogP contribution in [0, 0.1) is 5.41 Å². The van der Waals surface area contributed by atoms with Crippen molar-refractivity contribution in [1.29, 1.82) is 0 Å². The minimum absolute atomic E-state index is 0.0516. The van der Waals surface area contributed by atoms with E-state index in [4.69, 9.17) is 5.73 Å². The van der Waals surface area contributed by atoms with Gasteiger partial charge in [-0.3, -0.25) is 0 Å². The molecule has 0 heterocycles. The molecule has 2 unspecified atom stereocenters. The minimum Gasteiger partial charge on any atom is -0.330 e. The van der Waals surface area contributed by atoms with Crippen LogP contribution >= 0.6 is 0 Å². The molecule has 2 N–H and O–H groups in total. The van der Waals surface area contributed by atoms with Crippen molar-refractivity contribution in [2.45, 2.75) is 25.2 Å². The second kappa shape index (κ2) is 3.27. The summed E-state index contributed by atoms with van der Waals surface area (Å²) in [6.07, 6.45) is -0.0768. The standard InChI is InChI=1S/C12H15F2N/c1-9(10-5-3-2-4-6-10)11(8-15)7-12(11,13)14/h2-6,9H,7-8,15H2,1H3. The fourth-order valence-corrected chi connectivity index (χ4v) is 2.28. The van der Waals surface area contributed by atoms with Crippen LogP contribution in [0.1, 0.15) is 24.8 Å². The molecule has 1 fully saturated rings. The largest absolute Gasteiger partial charge is 0.330 e. The van der Waals surface area contributed by atoms with E-state index < -0.39 is 11.3 Å². The Bertz CT molecular complexity index is 350. The third-order valence-electron chi connectivity index (χ3n) is 3.63. The number of benzene rings is 1. The maximum absolute atomic E-state index is 13.3. The first-order valence-electron chi connectivity index (χ1n) is 5.16. The van der Waals surface area contributed by atoms with Gasteiger partial charge in [-0.05, 0) is 11.5 Å². The smallest absolute Gasteiger partial charge is 0.256 e. The minimum atomic E-state index is -2.59. The number of nitrogens with two attached hydrogens (primary N) is 1. The van der Waals surface area contributed by atoms with Crippen LogP contribution in [0.4, 0.5) is 8.78 Å². The lowest BCUT2D eigenvalue weighted by Gasteiger charge is -2.22. The number of hydrogen-bond donors (Lipinski definition) is 1. The molecule has 15 heavy (non-hydrogen) atoms. The third-order valence-corrected chi connectivity index (χ3v) is 3.63. The zero-order valence-corrected chi connectivity index (χ0v) is 8.71. The van der Waals surface area contributed by atoms with E-state index in [1.165, 1.54) is 0 Å². The predicted octanol–water partition coefficient (Wildman–Crippen LogP) is 2.77. The molecule has 0 aromatic heterocycles. The summed E-state index contributed by atoms with van der Waals surface area (Å²) in [7, 11) is 0. The average Bonchev–Trinajstić information content (AvgIpc) is 2.82. The fourth-order valence-electron chi connectivity index (χ4n) is 2.28. The fraction of sp³-hybridized carbons (Fsp3) is 0.500. The first-order valence-corrected chi connectivity index (χ1v) is 5.16. The number of alkyl halides is 2. The summed E-state index contributed by atoms with van der Waals surface area (Å²) in [6.45, 7) is 1.89. The summed E-state index contributed by atoms with van der Waals surface area (Å²) in [6, 6.07) is 9.40. The summed E-state index contributed by atoms with van der Waals surface area (Å²) in [5.41, 5.74) is 5.44. The highest BCUT2D eigenvalue weighted by molar-refractivity contribution is 5.28. The molecule has 1 aromatic carbocycles. The van der Waals surface area contributed by atoms with Crippen molar-refractivity contribution in [3.8, 4) is 0 Å². The third kappa shape index (κ3) is 1.46. The summed E-state index contributed by atoms with van der Waals surface area (Å²) in [5, 5.41) is 0. The van der Waals surface area contributed by atoms with E-state index >= 15 is 0 Å². The Morgan fingerprint density at radius 3 is 2.27 bits per heavy atom. The molecule has 0 saturated heterocycles. The molecule has 0 bridgehead atoms. The van der Waals surface area contributed by atoms with Crippen molar-refractivity contribution in [1.82, 2.24) is 0 Å². The van der Waals surface area contributed by atoms with Crippen LogP contribution in [0.15, 0.2) is 30.3 Å². The predicted molar refractivity (Wildman–Crippen MR) is 55.9 cm³/mol. The van der Waals surface area contributed by atoms with Gasteiger partial charge in [-0.15, -0.1) is 0 Å². The number of rotatable bonds is 3. The van der Waals surface area contributed by atoms with Gasteiger partial charge in [-0.25, -0.2) is 8.78 Å². The zero-order valence-electron chi connectivity index (χ0n) is 8.71. The second-order valence-electron chi connectivity index (χ2n) is 4.37. The maximum Gasteiger partial charge on any atom is 0.256 e. The van der Waals surface area contributed by atoms with Crippen molar-refractivity contribution < 1.29 is 8.78 Å². The normalized spacial score (nSPS) is 29.9. The Morgan fingerprint density at radius 1 is 1.33 bits per heavy atom. The molecule has 1 aliphatic carbocycles. The van der Waals surface area contributed by atoms with E-state index in [-0.39, 0.29) is 18.9 Å². The second-order valence-corrected chi connectivity index (χ2v) is 4.37. The van der Waals surface area contributed by atoms with Gasteiger partial charge in [-0.1, -0.05) is 37.3 Å². The van der Waals surface area contributed by atoms with Crippen molar-refractivity contribution in [2.24, 2.45) is 11.1 Å². The van der Waals surface area contributed by atoms with E-state index in [1.807, 2.05) is 37.3 Å². The van der Waals surface area contributed by atoms with E-state index in [0.717, 1.165) is 5.56 Å². The van der Waals surface area contributed by atoms with E-state index in [0.29, 0.717) is 0 Å². The molecule has 1 saturated carbocycles. The molecule has 1 nitrogen and oxygen atoms in total. The van der Waals surface area contributed by atoms with Crippen molar-refractivity contribution in [3.63, 3.8) is 0 Å². The Labute approximate surface area is 88.3 Å². The highest BCUT2D eigenvalue weighted by Crippen LogP contribution is 2.66. The van der Waals surface area contributed by atoms with E-state index in [9.17, 15) is 8.78 Å². The Hall–Kier alpha value is -0.960. The van der Waals surface area contributed by atoms with Crippen LogP contribution in [0.3, 0.4) is 0 Å². The van der Waals surface area contributed by atoms with Gasteiger partial charge in [0.2, 0.25) is 0 Å². The van der Waals surface area contributed by atoms with Crippen LogP contribution in [0.25, 0.3) is 0 Å². The van der Waals surface area contributed by atoms with Gasteiger partial charge in [-0.2, -0.15) is 0 Å². The molecule has 0 spiro atoms. The Kier molecular flexibility index (Phi) is 2.30. The lowest BCUT2D eigenvalue weighted by Crippen LogP contribution is -2.28. The van der Waals surface area contributed by atoms with Crippen molar-refractivity contribution in [3.05, 3.63) is 35.9 Å². The van der Waals surface area contributed by atoms with Crippen LogP contribution < -0.4 is 5.73 Å². The van der Waals surface area contributed by atoms with Gasteiger partial charge in [0.05, 0.1) is 5.41 Å². The van der Waals surface area contributed by atoms with E-state index in [1.54, 1.807) is 0 Å². The van der Waals surface area contributed by atoms with Crippen molar-refractivity contribution >= 4 is 0 Å². The van der Waals surface area contributed by atoms with Gasteiger partial charge >= 0.3 is 0 Å². The summed E-state index contributed by atoms with van der Waals surface area (Å²) >= 11 is 0. The van der Waals surface area contributed by atoms with Gasteiger partial charge in [0.1, 0.15) is 0 Å². The van der Waals surface area contributed by atoms with Gasteiger partial charge in [0.15, 0.2) is 0 Å². The molecule has 0 radical (unpaired) electrons. The molecule has 0 amide bonds. The van der Waals surface area contributed by atoms with Crippen LogP contribution in [0.2, 0.25) is 0 Å². The van der Waals surface area contributed by atoms with Gasteiger partial charge < -0.3 is 5.73 Å². The molecule has 2 atom stereocenters. The molecule has 1 aliphatic rings. The highest BCUT2D eigenvalue weighted by atomic mass is 19.3. The quantitative estimate of drug-likeness (QED) is 0.817. The molecule has 0 aliphatic heterocycles. The lowest BCUT2D eigenvalue weighted by atomic mass is 9.84. The molecular weight excluding hydrogens is 196 g/mol. The monoisotopic (exact) mass is 211 g/mol.